The lowest BCUT2D eigenvalue weighted by molar-refractivity contribution is 0.281. The molecule has 3 rings (SSSR count). The van der Waals surface area contributed by atoms with Crippen LogP contribution in [0.3, 0.4) is 0 Å². The highest BCUT2D eigenvalue weighted by Gasteiger charge is 2.15. The lowest BCUT2D eigenvalue weighted by Gasteiger charge is -2.11. The van der Waals surface area contributed by atoms with Crippen molar-refractivity contribution < 1.29 is 18.9 Å². The fraction of sp³-hybridized carbons (Fsp3) is 0.200. The predicted molar refractivity (Wildman–Crippen MR) is 103 cm³/mol. The molecule has 6 nitrogen and oxygen atoms in total. The van der Waals surface area contributed by atoms with Crippen LogP contribution in [0, 0.1) is 11.3 Å². The molecule has 27 heavy (non-hydrogen) atoms. The fourth-order valence-corrected chi connectivity index (χ4v) is 3.39. The van der Waals surface area contributed by atoms with Crippen LogP contribution in [0.1, 0.15) is 11.3 Å². The van der Waals surface area contributed by atoms with Crippen molar-refractivity contribution >= 4 is 11.3 Å². The Bertz CT molecular complexity index is 978. The molecule has 0 amide bonds. The molecule has 0 saturated heterocycles. The number of rotatable bonds is 7. The molecule has 0 saturated carbocycles. The van der Waals surface area contributed by atoms with Crippen molar-refractivity contribution in [2.75, 3.05) is 21.3 Å². The molecular formula is C20H18N2O4S. The molecule has 0 atom stereocenters. The maximum atomic E-state index is 8.97. The molecule has 0 aliphatic carbocycles. The molecule has 0 fully saturated rings. The molecule has 3 aromatic rings. The number of aromatic nitrogens is 1. The van der Waals surface area contributed by atoms with Gasteiger partial charge in [0.25, 0.3) is 0 Å². The Balaban J connectivity index is 1.79. The van der Waals surface area contributed by atoms with Crippen molar-refractivity contribution in [1.82, 2.24) is 4.98 Å². The Labute approximate surface area is 161 Å². The zero-order valence-electron chi connectivity index (χ0n) is 15.2. The van der Waals surface area contributed by atoms with E-state index in [1.165, 1.54) is 11.3 Å². The first-order chi connectivity index (χ1) is 13.2. The lowest BCUT2D eigenvalue weighted by Crippen LogP contribution is -1.98. The minimum Gasteiger partial charge on any atom is -0.493 e. The molecule has 0 aliphatic heterocycles. The van der Waals surface area contributed by atoms with Gasteiger partial charge in [-0.1, -0.05) is 6.07 Å². The van der Waals surface area contributed by atoms with Gasteiger partial charge in [-0.2, -0.15) is 5.26 Å². The second-order valence-electron chi connectivity index (χ2n) is 5.45. The van der Waals surface area contributed by atoms with Crippen molar-refractivity contribution in [2.45, 2.75) is 6.61 Å². The topological polar surface area (TPSA) is 73.6 Å². The first-order valence-electron chi connectivity index (χ1n) is 8.06. The highest BCUT2D eigenvalue weighted by atomic mass is 32.1. The van der Waals surface area contributed by atoms with E-state index in [0.717, 1.165) is 16.3 Å². The van der Waals surface area contributed by atoms with Crippen molar-refractivity contribution in [3.8, 4) is 39.6 Å². The summed E-state index contributed by atoms with van der Waals surface area (Å²) in [6.45, 7) is 0.283. The number of nitriles is 1. The summed E-state index contributed by atoms with van der Waals surface area (Å²) in [5, 5.41) is 11.7. The second-order valence-corrected chi connectivity index (χ2v) is 6.31. The van der Waals surface area contributed by atoms with Crippen molar-refractivity contribution in [2.24, 2.45) is 0 Å². The molecule has 0 spiro atoms. The number of hydrogen-bond donors (Lipinski definition) is 0. The van der Waals surface area contributed by atoms with Crippen LogP contribution < -0.4 is 18.9 Å². The fourth-order valence-electron chi connectivity index (χ4n) is 2.56. The minimum absolute atomic E-state index is 0.283. The van der Waals surface area contributed by atoms with Crippen LogP contribution in [-0.2, 0) is 6.61 Å². The SMILES string of the molecule is COc1cc(C#N)ccc1OCc1csc(-c2cccc(OC)c2OC)n1. The van der Waals surface area contributed by atoms with Gasteiger partial charge in [0.15, 0.2) is 23.0 Å². The zero-order valence-corrected chi connectivity index (χ0v) is 16.0. The quantitative estimate of drug-likeness (QED) is 0.607. The van der Waals surface area contributed by atoms with Crippen LogP contribution >= 0.6 is 11.3 Å². The standard InChI is InChI=1S/C20H18N2O4S/c1-23-17-6-4-5-15(19(17)25-3)20-22-14(12-27-20)11-26-16-8-7-13(10-21)9-18(16)24-2/h4-9,12H,11H2,1-3H3. The Morgan fingerprint density at radius 2 is 1.81 bits per heavy atom. The van der Waals surface area contributed by atoms with Gasteiger partial charge < -0.3 is 18.9 Å². The van der Waals surface area contributed by atoms with Crippen LogP contribution in [0.2, 0.25) is 0 Å². The number of ether oxygens (including phenoxy) is 4. The van der Waals surface area contributed by atoms with Crippen molar-refractivity contribution in [1.29, 1.82) is 5.26 Å². The summed E-state index contributed by atoms with van der Waals surface area (Å²) in [6.07, 6.45) is 0. The predicted octanol–water partition coefficient (Wildman–Crippen LogP) is 4.29. The Morgan fingerprint density at radius 1 is 1.00 bits per heavy atom. The number of benzene rings is 2. The molecule has 0 radical (unpaired) electrons. The average molecular weight is 382 g/mol. The maximum absolute atomic E-state index is 8.97. The summed E-state index contributed by atoms with van der Waals surface area (Å²) in [4.78, 5) is 4.63. The molecule has 7 heteroatoms. The molecule has 0 aliphatic rings. The number of methoxy groups -OCH3 is 3. The first kappa shape index (κ1) is 18.5. The normalized spacial score (nSPS) is 10.1. The van der Waals surface area contributed by atoms with E-state index in [2.05, 4.69) is 11.1 Å². The van der Waals surface area contributed by atoms with E-state index >= 15 is 0 Å². The first-order valence-corrected chi connectivity index (χ1v) is 8.94. The van der Waals surface area contributed by atoms with E-state index < -0.39 is 0 Å². The van der Waals surface area contributed by atoms with E-state index in [-0.39, 0.29) is 6.61 Å². The summed E-state index contributed by atoms with van der Waals surface area (Å²) < 4.78 is 21.9. The Kier molecular flexibility index (Phi) is 5.79. The van der Waals surface area contributed by atoms with Gasteiger partial charge in [0, 0.05) is 11.4 Å². The summed E-state index contributed by atoms with van der Waals surface area (Å²) in [5.41, 5.74) is 2.16. The molecule has 0 N–H and O–H groups in total. The maximum Gasteiger partial charge on any atom is 0.170 e. The second kappa shape index (κ2) is 8.43. The Hall–Kier alpha value is -3.24. The van der Waals surface area contributed by atoms with E-state index in [1.807, 2.05) is 23.6 Å². The highest BCUT2D eigenvalue weighted by Crippen LogP contribution is 2.39. The van der Waals surface area contributed by atoms with Crippen LogP contribution in [0.15, 0.2) is 41.8 Å². The summed E-state index contributed by atoms with van der Waals surface area (Å²) in [6, 6.07) is 12.8. The lowest BCUT2D eigenvalue weighted by atomic mass is 10.2. The average Bonchev–Trinajstić information content (AvgIpc) is 3.20. The molecule has 1 heterocycles. The van der Waals surface area contributed by atoms with Gasteiger partial charge in [-0.3, -0.25) is 0 Å². The van der Waals surface area contributed by atoms with Crippen LogP contribution in [0.5, 0.6) is 23.0 Å². The molecule has 1 aromatic heterocycles. The van der Waals surface area contributed by atoms with Crippen LogP contribution in [0.25, 0.3) is 10.6 Å². The minimum atomic E-state index is 0.283. The van der Waals surface area contributed by atoms with Crippen molar-refractivity contribution in [3.63, 3.8) is 0 Å². The van der Waals surface area contributed by atoms with Crippen molar-refractivity contribution in [3.05, 3.63) is 53.0 Å². The highest BCUT2D eigenvalue weighted by molar-refractivity contribution is 7.13. The molecule has 0 unspecified atom stereocenters. The van der Waals surface area contributed by atoms with Gasteiger partial charge in [0.1, 0.15) is 11.6 Å². The van der Waals surface area contributed by atoms with E-state index in [1.54, 1.807) is 39.5 Å². The molecule has 138 valence electrons. The van der Waals surface area contributed by atoms with Gasteiger partial charge in [-0.15, -0.1) is 11.3 Å². The largest absolute Gasteiger partial charge is 0.493 e. The van der Waals surface area contributed by atoms with E-state index in [9.17, 15) is 0 Å². The zero-order chi connectivity index (χ0) is 19.2. The number of thiazole rings is 1. The van der Waals surface area contributed by atoms with E-state index in [0.29, 0.717) is 28.6 Å². The smallest absolute Gasteiger partial charge is 0.170 e. The molecular weight excluding hydrogens is 364 g/mol. The third-order valence-electron chi connectivity index (χ3n) is 3.85. The van der Waals surface area contributed by atoms with E-state index in [4.69, 9.17) is 24.2 Å². The van der Waals surface area contributed by atoms with Gasteiger partial charge in [0.2, 0.25) is 0 Å². The number of para-hydroxylation sites is 1. The summed E-state index contributed by atoms with van der Waals surface area (Å²) >= 11 is 1.50. The summed E-state index contributed by atoms with van der Waals surface area (Å²) in [7, 11) is 4.75. The third kappa shape index (κ3) is 3.96. The van der Waals surface area contributed by atoms with Gasteiger partial charge in [-0.25, -0.2) is 4.98 Å². The van der Waals surface area contributed by atoms with Gasteiger partial charge in [0.05, 0.1) is 44.2 Å². The van der Waals surface area contributed by atoms with Crippen LogP contribution in [-0.4, -0.2) is 26.3 Å². The summed E-state index contributed by atoms with van der Waals surface area (Å²) in [5.74, 6) is 2.38. The number of hydrogen-bond acceptors (Lipinski definition) is 7. The molecule has 0 bridgehead atoms. The third-order valence-corrected chi connectivity index (χ3v) is 4.78. The Morgan fingerprint density at radius 3 is 2.52 bits per heavy atom. The molecule has 2 aromatic carbocycles. The van der Waals surface area contributed by atoms with Gasteiger partial charge in [-0.05, 0) is 24.3 Å². The van der Waals surface area contributed by atoms with Crippen LogP contribution in [0.4, 0.5) is 0 Å². The monoisotopic (exact) mass is 382 g/mol. The van der Waals surface area contributed by atoms with Gasteiger partial charge >= 0.3 is 0 Å². The number of nitrogens with zero attached hydrogens (tertiary/aromatic N) is 2.